The van der Waals surface area contributed by atoms with Gasteiger partial charge >= 0.3 is 0 Å². The third-order valence-electron chi connectivity index (χ3n) is 3.22. The molecule has 0 bridgehead atoms. The fourth-order valence-electron chi connectivity index (χ4n) is 1.90. The summed E-state index contributed by atoms with van der Waals surface area (Å²) in [5.74, 6) is 0.184. The maximum absolute atomic E-state index is 12.1. The summed E-state index contributed by atoms with van der Waals surface area (Å²) in [5, 5.41) is 11.5. The lowest BCUT2D eigenvalue weighted by Gasteiger charge is -2.15. The first kappa shape index (κ1) is 16.2. The van der Waals surface area contributed by atoms with Crippen LogP contribution in [0.3, 0.4) is 0 Å². The molecule has 5 heteroatoms. The number of ether oxygens (including phenoxy) is 1. The molecule has 0 saturated carbocycles. The lowest BCUT2D eigenvalue weighted by atomic mass is 10.1. The molecule has 0 aliphatic carbocycles. The predicted octanol–water partition coefficient (Wildman–Crippen LogP) is 3.17. The Morgan fingerprint density at radius 3 is 2.22 bits per heavy atom. The van der Waals surface area contributed by atoms with Crippen molar-refractivity contribution in [1.29, 1.82) is 5.26 Å². The Bertz CT molecular complexity index is 743. The second kappa shape index (κ2) is 7.23. The lowest BCUT2D eigenvalue weighted by molar-refractivity contribution is -0.122. The fraction of sp³-hybridized carbons (Fsp3) is 0.167. The Morgan fingerprint density at radius 1 is 1.09 bits per heavy atom. The summed E-state index contributed by atoms with van der Waals surface area (Å²) in [6.07, 6.45) is -0.699. The molecule has 0 heterocycles. The van der Waals surface area contributed by atoms with E-state index in [0.717, 1.165) is 0 Å². The highest BCUT2D eigenvalue weighted by Crippen LogP contribution is 2.15. The lowest BCUT2D eigenvalue weighted by Crippen LogP contribution is -2.30. The standard InChI is InChI=1S/C18H16N2O3/c1-12(21)15-5-7-16(8-6-15)20-18(22)13(2)23-17-9-3-14(11-19)4-10-17/h3-10,13H,1-2H3,(H,20,22). The molecule has 0 aliphatic rings. The monoisotopic (exact) mass is 308 g/mol. The van der Waals surface area contributed by atoms with Gasteiger partial charge in [0, 0.05) is 11.3 Å². The smallest absolute Gasteiger partial charge is 0.265 e. The molecule has 2 aromatic carbocycles. The highest BCUT2D eigenvalue weighted by molar-refractivity contribution is 5.96. The van der Waals surface area contributed by atoms with Gasteiger partial charge in [-0.05, 0) is 62.4 Å². The molecular formula is C18H16N2O3. The topological polar surface area (TPSA) is 79.2 Å². The number of hydrogen-bond acceptors (Lipinski definition) is 4. The van der Waals surface area contributed by atoms with Crippen molar-refractivity contribution in [2.75, 3.05) is 5.32 Å². The molecule has 0 saturated heterocycles. The van der Waals surface area contributed by atoms with Crippen LogP contribution < -0.4 is 10.1 Å². The molecule has 1 amide bonds. The van der Waals surface area contributed by atoms with Crippen molar-refractivity contribution in [2.45, 2.75) is 20.0 Å². The zero-order valence-electron chi connectivity index (χ0n) is 12.9. The average Bonchev–Trinajstić information content (AvgIpc) is 2.56. The molecule has 5 nitrogen and oxygen atoms in total. The van der Waals surface area contributed by atoms with Gasteiger partial charge in [-0.3, -0.25) is 9.59 Å². The molecule has 1 unspecified atom stereocenters. The van der Waals surface area contributed by atoms with Crippen LogP contribution in [-0.2, 0) is 4.79 Å². The molecule has 1 atom stereocenters. The number of ketones is 1. The van der Waals surface area contributed by atoms with Crippen LogP contribution in [0.15, 0.2) is 48.5 Å². The van der Waals surface area contributed by atoms with E-state index in [2.05, 4.69) is 5.32 Å². The minimum atomic E-state index is -0.699. The first-order valence-electron chi connectivity index (χ1n) is 7.08. The quantitative estimate of drug-likeness (QED) is 0.860. The van der Waals surface area contributed by atoms with Gasteiger partial charge in [-0.15, -0.1) is 0 Å². The number of hydrogen-bond donors (Lipinski definition) is 1. The summed E-state index contributed by atoms with van der Waals surface area (Å²) in [7, 11) is 0. The van der Waals surface area contributed by atoms with Gasteiger partial charge in [-0.25, -0.2) is 0 Å². The van der Waals surface area contributed by atoms with Gasteiger partial charge in [0.15, 0.2) is 11.9 Å². The normalized spacial score (nSPS) is 11.2. The second-order valence-corrected chi connectivity index (χ2v) is 5.02. The first-order chi connectivity index (χ1) is 11.0. The van der Waals surface area contributed by atoms with E-state index in [1.165, 1.54) is 6.92 Å². The summed E-state index contributed by atoms with van der Waals surface area (Å²) in [4.78, 5) is 23.3. The second-order valence-electron chi connectivity index (χ2n) is 5.02. The zero-order valence-corrected chi connectivity index (χ0v) is 12.9. The van der Waals surface area contributed by atoms with Crippen LogP contribution in [-0.4, -0.2) is 17.8 Å². The van der Waals surface area contributed by atoms with Crippen molar-refractivity contribution >= 4 is 17.4 Å². The third kappa shape index (κ3) is 4.42. The number of nitriles is 1. The molecular weight excluding hydrogens is 292 g/mol. The van der Waals surface area contributed by atoms with Crippen LogP contribution in [0.2, 0.25) is 0 Å². The van der Waals surface area contributed by atoms with Crippen molar-refractivity contribution in [3.05, 3.63) is 59.7 Å². The van der Waals surface area contributed by atoms with Crippen LogP contribution in [0.4, 0.5) is 5.69 Å². The van der Waals surface area contributed by atoms with Gasteiger partial charge in [0.1, 0.15) is 5.75 Å². The van der Waals surface area contributed by atoms with Gasteiger partial charge in [0.05, 0.1) is 11.6 Å². The van der Waals surface area contributed by atoms with Crippen molar-refractivity contribution in [2.24, 2.45) is 0 Å². The molecule has 116 valence electrons. The maximum atomic E-state index is 12.1. The Labute approximate surface area is 134 Å². The van der Waals surface area contributed by atoms with Crippen molar-refractivity contribution < 1.29 is 14.3 Å². The van der Waals surface area contributed by atoms with E-state index in [9.17, 15) is 9.59 Å². The predicted molar refractivity (Wildman–Crippen MR) is 86.3 cm³/mol. The number of nitrogens with zero attached hydrogens (tertiary/aromatic N) is 1. The number of carbonyl (C=O) groups excluding carboxylic acids is 2. The third-order valence-corrected chi connectivity index (χ3v) is 3.22. The summed E-state index contributed by atoms with van der Waals surface area (Å²) in [6, 6.07) is 15.2. The van der Waals surface area contributed by atoms with E-state index in [-0.39, 0.29) is 11.7 Å². The van der Waals surface area contributed by atoms with E-state index >= 15 is 0 Å². The molecule has 2 rings (SSSR count). The molecule has 0 aromatic heterocycles. The van der Waals surface area contributed by atoms with Crippen LogP contribution in [0.5, 0.6) is 5.75 Å². The van der Waals surface area contributed by atoms with E-state index < -0.39 is 6.10 Å². The van der Waals surface area contributed by atoms with Gasteiger partial charge in [0.2, 0.25) is 0 Å². The molecule has 0 fully saturated rings. The number of nitrogens with one attached hydrogen (secondary N) is 1. The van der Waals surface area contributed by atoms with Gasteiger partial charge in [-0.2, -0.15) is 5.26 Å². The molecule has 0 aliphatic heterocycles. The number of carbonyl (C=O) groups is 2. The Kier molecular flexibility index (Phi) is 5.11. The molecule has 1 N–H and O–H groups in total. The highest BCUT2D eigenvalue weighted by Gasteiger charge is 2.15. The highest BCUT2D eigenvalue weighted by atomic mass is 16.5. The molecule has 0 radical (unpaired) electrons. The Balaban J connectivity index is 1.96. The van der Waals surface area contributed by atoms with E-state index in [0.29, 0.717) is 22.6 Å². The number of Topliss-reactive ketones (excluding diaryl/α,β-unsaturated/α-hetero) is 1. The van der Waals surface area contributed by atoms with Crippen molar-refractivity contribution in [1.82, 2.24) is 0 Å². The van der Waals surface area contributed by atoms with Crippen molar-refractivity contribution in [3.63, 3.8) is 0 Å². The summed E-state index contributed by atoms with van der Waals surface area (Å²) in [5.41, 5.74) is 1.71. The number of anilines is 1. The Morgan fingerprint density at radius 2 is 1.70 bits per heavy atom. The minimum Gasteiger partial charge on any atom is -0.481 e. The summed E-state index contributed by atoms with van der Waals surface area (Å²) in [6.45, 7) is 3.12. The van der Waals surface area contributed by atoms with Crippen LogP contribution in [0.25, 0.3) is 0 Å². The van der Waals surface area contributed by atoms with E-state index in [1.807, 2.05) is 6.07 Å². The number of rotatable bonds is 5. The van der Waals surface area contributed by atoms with Crippen LogP contribution in [0, 0.1) is 11.3 Å². The summed E-state index contributed by atoms with van der Waals surface area (Å²) < 4.78 is 5.53. The first-order valence-corrected chi connectivity index (χ1v) is 7.08. The van der Waals surface area contributed by atoms with Crippen LogP contribution in [0.1, 0.15) is 29.8 Å². The largest absolute Gasteiger partial charge is 0.481 e. The number of amides is 1. The van der Waals surface area contributed by atoms with Gasteiger partial charge < -0.3 is 10.1 Å². The van der Waals surface area contributed by atoms with Crippen molar-refractivity contribution in [3.8, 4) is 11.8 Å². The number of benzene rings is 2. The van der Waals surface area contributed by atoms with Gasteiger partial charge in [0.25, 0.3) is 5.91 Å². The minimum absolute atomic E-state index is 0.0274. The average molecular weight is 308 g/mol. The molecule has 2 aromatic rings. The van der Waals surface area contributed by atoms with E-state index in [4.69, 9.17) is 10.00 Å². The zero-order chi connectivity index (χ0) is 16.8. The SMILES string of the molecule is CC(=O)c1ccc(NC(=O)C(C)Oc2ccc(C#N)cc2)cc1. The fourth-order valence-corrected chi connectivity index (χ4v) is 1.90. The molecule has 23 heavy (non-hydrogen) atoms. The Hall–Kier alpha value is -3.13. The maximum Gasteiger partial charge on any atom is 0.265 e. The van der Waals surface area contributed by atoms with E-state index in [1.54, 1.807) is 55.5 Å². The van der Waals surface area contributed by atoms with Crippen LogP contribution >= 0.6 is 0 Å². The molecule has 0 spiro atoms. The summed E-state index contributed by atoms with van der Waals surface area (Å²) >= 11 is 0. The van der Waals surface area contributed by atoms with Gasteiger partial charge in [-0.1, -0.05) is 0 Å².